The molecule has 1 aliphatic rings. The number of amides is 2. The summed E-state index contributed by atoms with van der Waals surface area (Å²) in [5, 5.41) is 2.59. The number of nitrogens with one attached hydrogen (secondary N) is 1. The van der Waals surface area contributed by atoms with Crippen molar-refractivity contribution in [3.05, 3.63) is 35.6 Å². The lowest BCUT2D eigenvalue weighted by Crippen LogP contribution is -2.44. The molecule has 3 N–H and O–H groups in total. The van der Waals surface area contributed by atoms with Gasteiger partial charge in [-0.05, 0) is 36.6 Å². The maximum atomic E-state index is 12.7. The Morgan fingerprint density at radius 2 is 1.94 bits per heavy atom. The van der Waals surface area contributed by atoms with Gasteiger partial charge in [-0.3, -0.25) is 9.59 Å². The van der Waals surface area contributed by atoms with Gasteiger partial charge >= 0.3 is 0 Å². The normalized spacial score (nSPS) is 16.1. The maximum absolute atomic E-state index is 12.7. The minimum Gasteiger partial charge on any atom is -0.368 e. The van der Waals surface area contributed by atoms with Gasteiger partial charge in [0.1, 0.15) is 11.9 Å². The van der Waals surface area contributed by atoms with Crippen LogP contribution in [-0.4, -0.2) is 17.9 Å². The number of carbonyl (C=O) groups is 2. The van der Waals surface area contributed by atoms with E-state index in [-0.39, 0.29) is 0 Å². The second-order valence-corrected chi connectivity index (χ2v) is 4.61. The molecule has 2 amide bonds. The molecule has 1 fully saturated rings. The summed E-state index contributed by atoms with van der Waals surface area (Å²) in [6.07, 6.45) is 2.74. The van der Waals surface area contributed by atoms with Crippen LogP contribution in [0.5, 0.6) is 0 Å². The fraction of sp³-hybridized carbons (Fsp3) is 0.385. The Balaban J connectivity index is 1.99. The first-order valence-corrected chi connectivity index (χ1v) is 5.92. The van der Waals surface area contributed by atoms with Gasteiger partial charge in [0.2, 0.25) is 5.91 Å². The highest BCUT2D eigenvalue weighted by Gasteiger charge is 2.29. The fourth-order valence-corrected chi connectivity index (χ4v) is 1.78. The Morgan fingerprint density at radius 1 is 1.33 bits per heavy atom. The molecule has 0 radical (unpaired) electrons. The summed E-state index contributed by atoms with van der Waals surface area (Å²) < 4.78 is 12.7. The number of benzene rings is 1. The van der Waals surface area contributed by atoms with Crippen LogP contribution in [-0.2, 0) is 4.79 Å². The molecule has 0 aliphatic heterocycles. The Hall–Kier alpha value is -1.91. The van der Waals surface area contributed by atoms with E-state index < -0.39 is 23.7 Å². The zero-order valence-electron chi connectivity index (χ0n) is 9.86. The SMILES string of the molecule is NC(=O)[C@H](CC1CC1)NC(=O)c1ccc(F)cc1. The van der Waals surface area contributed by atoms with Crippen LogP contribution < -0.4 is 11.1 Å². The molecule has 4 nitrogen and oxygen atoms in total. The number of rotatable bonds is 5. The number of carbonyl (C=O) groups excluding carboxylic acids is 2. The van der Waals surface area contributed by atoms with Gasteiger partial charge in [0, 0.05) is 5.56 Å². The van der Waals surface area contributed by atoms with Crippen molar-refractivity contribution in [1.82, 2.24) is 5.32 Å². The molecular formula is C13H15FN2O2. The molecule has 0 aromatic heterocycles. The maximum Gasteiger partial charge on any atom is 0.251 e. The zero-order valence-corrected chi connectivity index (χ0v) is 9.86. The first-order valence-electron chi connectivity index (χ1n) is 5.92. The van der Waals surface area contributed by atoms with Gasteiger partial charge in [-0.1, -0.05) is 12.8 Å². The highest BCUT2D eigenvalue weighted by molar-refractivity contribution is 5.97. The third-order valence-electron chi connectivity index (χ3n) is 3.02. The van der Waals surface area contributed by atoms with Gasteiger partial charge in [0.25, 0.3) is 5.91 Å². The summed E-state index contributed by atoms with van der Waals surface area (Å²) in [5.41, 5.74) is 5.57. The molecular weight excluding hydrogens is 235 g/mol. The summed E-state index contributed by atoms with van der Waals surface area (Å²) in [4.78, 5) is 23.1. The molecule has 0 bridgehead atoms. The Kier molecular flexibility index (Phi) is 3.60. The minimum atomic E-state index is -0.643. The summed E-state index contributed by atoms with van der Waals surface area (Å²) in [6.45, 7) is 0. The predicted octanol–water partition coefficient (Wildman–Crippen LogP) is 1.21. The number of nitrogens with two attached hydrogens (primary N) is 1. The van der Waals surface area contributed by atoms with Crippen LogP contribution in [0.1, 0.15) is 29.6 Å². The first kappa shape index (κ1) is 12.5. The van der Waals surface area contributed by atoms with Crippen LogP contribution in [0.15, 0.2) is 24.3 Å². The lowest BCUT2D eigenvalue weighted by molar-refractivity contribution is -0.120. The second-order valence-electron chi connectivity index (χ2n) is 4.61. The number of halogens is 1. The molecule has 0 saturated heterocycles. The van der Waals surface area contributed by atoms with Crippen LogP contribution in [0.2, 0.25) is 0 Å². The second kappa shape index (κ2) is 5.16. The zero-order chi connectivity index (χ0) is 13.1. The van der Waals surface area contributed by atoms with E-state index in [1.54, 1.807) is 0 Å². The molecule has 0 heterocycles. The summed E-state index contributed by atoms with van der Waals surface area (Å²) in [7, 11) is 0. The Morgan fingerprint density at radius 3 is 2.44 bits per heavy atom. The fourth-order valence-electron chi connectivity index (χ4n) is 1.78. The third-order valence-corrected chi connectivity index (χ3v) is 3.02. The van der Waals surface area contributed by atoms with Crippen LogP contribution in [0.3, 0.4) is 0 Å². The van der Waals surface area contributed by atoms with E-state index in [1.807, 2.05) is 0 Å². The van der Waals surface area contributed by atoms with E-state index in [9.17, 15) is 14.0 Å². The Bertz CT molecular complexity index is 455. The van der Waals surface area contributed by atoms with E-state index in [0.717, 1.165) is 12.8 Å². The average Bonchev–Trinajstić information content (AvgIpc) is 3.12. The van der Waals surface area contributed by atoms with E-state index in [1.165, 1.54) is 24.3 Å². The van der Waals surface area contributed by atoms with Crippen LogP contribution in [0, 0.1) is 11.7 Å². The van der Waals surface area contributed by atoms with Gasteiger partial charge in [-0.2, -0.15) is 0 Å². The highest BCUT2D eigenvalue weighted by atomic mass is 19.1. The Labute approximate surface area is 104 Å². The van der Waals surface area contributed by atoms with Crippen LogP contribution >= 0.6 is 0 Å². The molecule has 1 aromatic carbocycles. The van der Waals surface area contributed by atoms with E-state index in [0.29, 0.717) is 17.9 Å². The van der Waals surface area contributed by atoms with Crippen LogP contribution in [0.25, 0.3) is 0 Å². The first-order chi connectivity index (χ1) is 8.56. The predicted molar refractivity (Wildman–Crippen MR) is 64.2 cm³/mol. The van der Waals surface area contributed by atoms with Crippen molar-refractivity contribution in [3.63, 3.8) is 0 Å². The van der Waals surface area contributed by atoms with Gasteiger partial charge in [0.15, 0.2) is 0 Å². The van der Waals surface area contributed by atoms with E-state index >= 15 is 0 Å². The van der Waals surface area contributed by atoms with Crippen molar-refractivity contribution in [2.75, 3.05) is 0 Å². The number of hydrogen-bond acceptors (Lipinski definition) is 2. The van der Waals surface area contributed by atoms with Crippen molar-refractivity contribution in [3.8, 4) is 0 Å². The number of hydrogen-bond donors (Lipinski definition) is 2. The van der Waals surface area contributed by atoms with Crippen molar-refractivity contribution in [1.29, 1.82) is 0 Å². The average molecular weight is 250 g/mol. The molecule has 96 valence electrons. The molecule has 1 saturated carbocycles. The van der Waals surface area contributed by atoms with Gasteiger partial charge in [-0.15, -0.1) is 0 Å². The van der Waals surface area contributed by atoms with Gasteiger partial charge < -0.3 is 11.1 Å². The third kappa shape index (κ3) is 3.29. The summed E-state index contributed by atoms with van der Waals surface area (Å²) in [6, 6.07) is 4.51. The van der Waals surface area contributed by atoms with Crippen LogP contribution in [0.4, 0.5) is 4.39 Å². The van der Waals surface area contributed by atoms with Crippen molar-refractivity contribution >= 4 is 11.8 Å². The largest absolute Gasteiger partial charge is 0.368 e. The monoisotopic (exact) mass is 250 g/mol. The molecule has 1 aliphatic carbocycles. The highest BCUT2D eigenvalue weighted by Crippen LogP contribution is 2.33. The molecule has 0 unspecified atom stereocenters. The molecule has 1 aromatic rings. The molecule has 0 spiro atoms. The van der Waals surface area contributed by atoms with Crippen molar-refractivity contribution < 1.29 is 14.0 Å². The quantitative estimate of drug-likeness (QED) is 0.824. The van der Waals surface area contributed by atoms with Crippen molar-refractivity contribution in [2.24, 2.45) is 11.7 Å². The lowest BCUT2D eigenvalue weighted by atomic mass is 10.1. The standard InChI is InChI=1S/C13H15FN2O2/c14-10-5-3-9(4-6-10)13(18)16-11(12(15)17)7-8-1-2-8/h3-6,8,11H,1-2,7H2,(H2,15,17)(H,16,18)/t11-/m0/s1. The van der Waals surface area contributed by atoms with Gasteiger partial charge in [-0.25, -0.2) is 4.39 Å². The molecule has 2 rings (SSSR count). The lowest BCUT2D eigenvalue weighted by Gasteiger charge is -2.15. The smallest absolute Gasteiger partial charge is 0.251 e. The molecule has 1 atom stereocenters. The minimum absolute atomic E-state index is 0.318. The summed E-state index contributed by atoms with van der Waals surface area (Å²) >= 11 is 0. The van der Waals surface area contributed by atoms with E-state index in [2.05, 4.69) is 5.32 Å². The molecule has 5 heteroatoms. The molecule has 18 heavy (non-hydrogen) atoms. The van der Waals surface area contributed by atoms with Crippen molar-refractivity contribution in [2.45, 2.75) is 25.3 Å². The van der Waals surface area contributed by atoms with Gasteiger partial charge in [0.05, 0.1) is 0 Å². The topological polar surface area (TPSA) is 72.2 Å². The summed E-state index contributed by atoms with van der Waals surface area (Å²) in [5.74, 6) is -0.858. The number of primary amides is 1. The van der Waals surface area contributed by atoms with E-state index in [4.69, 9.17) is 5.73 Å².